The Morgan fingerprint density at radius 3 is 2.23 bits per heavy atom. The summed E-state index contributed by atoms with van der Waals surface area (Å²) in [7, 11) is -1.65. The summed E-state index contributed by atoms with van der Waals surface area (Å²) in [4.78, 5) is 12.2. The van der Waals surface area contributed by atoms with Gasteiger partial charge in [0.05, 0.1) is 5.76 Å². The summed E-state index contributed by atoms with van der Waals surface area (Å²) in [6.07, 6.45) is 11.5. The van der Waals surface area contributed by atoms with Gasteiger partial charge in [-0.05, 0) is 37.4 Å². The van der Waals surface area contributed by atoms with Crippen LogP contribution in [0.3, 0.4) is 0 Å². The van der Waals surface area contributed by atoms with Gasteiger partial charge in [0, 0.05) is 18.4 Å². The van der Waals surface area contributed by atoms with Crippen molar-refractivity contribution in [2.75, 3.05) is 0 Å². The van der Waals surface area contributed by atoms with Crippen molar-refractivity contribution < 1.29 is 9.22 Å². The Morgan fingerprint density at radius 1 is 1.00 bits per heavy atom. The van der Waals surface area contributed by atoms with Gasteiger partial charge in [0.25, 0.3) is 0 Å². The molecular formula is C19H34O2Si. The molecule has 1 aliphatic carbocycles. The van der Waals surface area contributed by atoms with Crippen LogP contribution in [0.4, 0.5) is 0 Å². The number of hydrogen-bond acceptors (Lipinski definition) is 2. The fourth-order valence-electron chi connectivity index (χ4n) is 3.09. The van der Waals surface area contributed by atoms with Gasteiger partial charge in [-0.15, -0.1) is 0 Å². The molecule has 2 nitrogen and oxygen atoms in total. The number of allylic oxidation sites excluding steroid dienone is 4. The molecule has 0 unspecified atom stereocenters. The van der Waals surface area contributed by atoms with Crippen LogP contribution < -0.4 is 0 Å². The van der Waals surface area contributed by atoms with Crippen molar-refractivity contribution in [1.82, 2.24) is 0 Å². The summed E-state index contributed by atoms with van der Waals surface area (Å²) in [5, 5.41) is 0. The topological polar surface area (TPSA) is 26.3 Å². The number of ketones is 1. The van der Waals surface area contributed by atoms with Crippen LogP contribution in [0.5, 0.6) is 0 Å². The molecule has 3 heteroatoms. The Hall–Kier alpha value is -0.833. The molecule has 1 aliphatic rings. The predicted molar refractivity (Wildman–Crippen MR) is 97.4 cm³/mol. The van der Waals surface area contributed by atoms with Crippen molar-refractivity contribution in [3.63, 3.8) is 0 Å². The molecule has 1 rings (SSSR count). The maximum absolute atomic E-state index is 12.2. The molecule has 0 spiro atoms. The molecule has 0 N–H and O–H groups in total. The fraction of sp³-hybridized carbons (Fsp3) is 0.737. The zero-order valence-electron chi connectivity index (χ0n) is 15.0. The average Bonchev–Trinajstić information content (AvgIpc) is 2.88. The van der Waals surface area contributed by atoms with E-state index in [2.05, 4.69) is 39.8 Å². The van der Waals surface area contributed by atoms with Gasteiger partial charge in [-0.25, -0.2) is 0 Å². The van der Waals surface area contributed by atoms with Gasteiger partial charge >= 0.3 is 0 Å². The molecule has 0 bridgehead atoms. The molecule has 0 atom stereocenters. The molecule has 0 radical (unpaired) electrons. The highest BCUT2D eigenvalue weighted by Gasteiger charge is 2.34. The minimum Gasteiger partial charge on any atom is -0.546 e. The normalized spacial score (nSPS) is 16.1. The largest absolute Gasteiger partial charge is 0.546 e. The smallest absolute Gasteiger partial charge is 0.250 e. The lowest BCUT2D eigenvalue weighted by atomic mass is 10.1. The van der Waals surface area contributed by atoms with Crippen molar-refractivity contribution in [2.45, 2.75) is 90.8 Å². The highest BCUT2D eigenvalue weighted by Crippen LogP contribution is 2.33. The Bertz CT molecular complexity index is 397. The van der Waals surface area contributed by atoms with Crippen molar-refractivity contribution in [3.8, 4) is 0 Å². The van der Waals surface area contributed by atoms with Gasteiger partial charge in [-0.2, -0.15) is 0 Å². The third-order valence-electron chi connectivity index (χ3n) is 4.98. The maximum Gasteiger partial charge on any atom is 0.250 e. The summed E-state index contributed by atoms with van der Waals surface area (Å²) in [6.45, 7) is 8.94. The zero-order chi connectivity index (χ0) is 16.4. The molecule has 0 saturated heterocycles. The van der Waals surface area contributed by atoms with E-state index in [1.54, 1.807) is 0 Å². The molecular weight excluding hydrogens is 288 g/mol. The van der Waals surface area contributed by atoms with Gasteiger partial charge < -0.3 is 4.43 Å². The van der Waals surface area contributed by atoms with Crippen LogP contribution in [0.2, 0.25) is 18.1 Å². The van der Waals surface area contributed by atoms with Crippen LogP contribution in [-0.4, -0.2) is 14.1 Å². The number of rotatable bonds is 11. The lowest BCUT2D eigenvalue weighted by Gasteiger charge is -2.30. The summed E-state index contributed by atoms with van der Waals surface area (Å²) >= 11 is 0. The highest BCUT2D eigenvalue weighted by atomic mass is 28.4. The summed E-state index contributed by atoms with van der Waals surface area (Å²) in [5.74, 6) is 1.37. The number of unbranched alkanes of at least 4 members (excludes halogenated alkanes) is 2. The SMILES string of the molecule is CCCC/C=C/CCC1=C(O[Si](CC)(CC)CC)CCC1=O. The van der Waals surface area contributed by atoms with Crippen molar-refractivity contribution in [3.05, 3.63) is 23.5 Å². The Kier molecular flexibility index (Phi) is 8.77. The van der Waals surface area contributed by atoms with Gasteiger partial charge in [-0.3, -0.25) is 4.79 Å². The van der Waals surface area contributed by atoms with Crippen molar-refractivity contribution in [2.24, 2.45) is 0 Å². The first-order valence-corrected chi connectivity index (χ1v) is 11.7. The monoisotopic (exact) mass is 322 g/mol. The minimum absolute atomic E-state index is 0.322. The Labute approximate surface area is 138 Å². The van der Waals surface area contributed by atoms with Crippen LogP contribution in [0, 0.1) is 0 Å². The van der Waals surface area contributed by atoms with E-state index in [-0.39, 0.29) is 0 Å². The van der Waals surface area contributed by atoms with Gasteiger partial charge in [0.2, 0.25) is 8.32 Å². The Balaban J connectivity index is 2.66. The van der Waals surface area contributed by atoms with Crippen molar-refractivity contribution >= 4 is 14.1 Å². The first-order chi connectivity index (χ1) is 10.6. The minimum atomic E-state index is -1.65. The third kappa shape index (κ3) is 5.42. The van der Waals surface area contributed by atoms with Crippen molar-refractivity contribution in [1.29, 1.82) is 0 Å². The maximum atomic E-state index is 12.2. The second-order valence-electron chi connectivity index (χ2n) is 6.32. The molecule has 22 heavy (non-hydrogen) atoms. The molecule has 126 valence electrons. The summed E-state index contributed by atoms with van der Waals surface area (Å²) in [6, 6.07) is 3.42. The molecule has 0 fully saturated rings. The summed E-state index contributed by atoms with van der Waals surface area (Å²) < 4.78 is 6.50. The highest BCUT2D eigenvalue weighted by molar-refractivity contribution is 6.73. The molecule has 0 aromatic rings. The fourth-order valence-corrected chi connectivity index (χ4v) is 5.77. The first kappa shape index (κ1) is 19.2. The predicted octanol–water partition coefficient (Wildman–Crippen LogP) is 6.15. The number of carbonyl (C=O) groups is 1. The Morgan fingerprint density at radius 2 is 1.64 bits per heavy atom. The van der Waals surface area contributed by atoms with E-state index in [4.69, 9.17) is 4.43 Å². The molecule has 0 saturated carbocycles. The number of hydrogen-bond donors (Lipinski definition) is 0. The lowest BCUT2D eigenvalue weighted by Crippen LogP contribution is -2.35. The third-order valence-corrected chi connectivity index (χ3v) is 9.52. The van der Waals surface area contributed by atoms with E-state index < -0.39 is 8.32 Å². The molecule has 0 heterocycles. The average molecular weight is 323 g/mol. The van der Waals surface area contributed by atoms with Gasteiger partial charge in [-0.1, -0.05) is 52.7 Å². The zero-order valence-corrected chi connectivity index (χ0v) is 16.0. The summed E-state index contributed by atoms with van der Waals surface area (Å²) in [5.41, 5.74) is 0.993. The van der Waals surface area contributed by atoms with Crippen LogP contribution in [0.15, 0.2) is 23.5 Å². The number of Topliss-reactive ketones (excluding diaryl/α,β-unsaturated/α-hetero) is 1. The van der Waals surface area contributed by atoms with Crippen LogP contribution in [-0.2, 0) is 9.22 Å². The standard InChI is InChI=1S/C19H34O2Si/c1-5-9-10-11-12-13-14-17-18(20)15-16-19(17)21-22(6-2,7-3)8-4/h11-12H,5-10,13-16H2,1-4H3/b12-11+. The van der Waals surface area contributed by atoms with E-state index in [9.17, 15) is 4.79 Å². The quantitative estimate of drug-likeness (QED) is 0.259. The van der Waals surface area contributed by atoms with Gasteiger partial charge in [0.15, 0.2) is 5.78 Å². The molecule has 0 aliphatic heterocycles. The van der Waals surface area contributed by atoms with E-state index in [1.807, 2.05) is 0 Å². The van der Waals surface area contributed by atoms with E-state index >= 15 is 0 Å². The second kappa shape index (κ2) is 10.0. The molecule has 0 aromatic heterocycles. The van der Waals surface area contributed by atoms with E-state index in [0.717, 1.165) is 55.1 Å². The first-order valence-electron chi connectivity index (χ1n) is 9.21. The second-order valence-corrected chi connectivity index (χ2v) is 11.0. The van der Waals surface area contributed by atoms with Crippen LogP contribution in [0.25, 0.3) is 0 Å². The van der Waals surface area contributed by atoms with Crippen LogP contribution in [0.1, 0.15) is 72.6 Å². The van der Waals surface area contributed by atoms with Crippen LogP contribution >= 0.6 is 0 Å². The van der Waals surface area contributed by atoms with E-state index in [0.29, 0.717) is 12.2 Å². The van der Waals surface area contributed by atoms with E-state index in [1.165, 1.54) is 12.8 Å². The number of carbonyl (C=O) groups excluding carboxylic acids is 1. The molecule has 0 aromatic carbocycles. The van der Waals surface area contributed by atoms with Gasteiger partial charge in [0.1, 0.15) is 0 Å². The lowest BCUT2D eigenvalue weighted by molar-refractivity contribution is -0.115. The molecule has 0 amide bonds.